The highest BCUT2D eigenvalue weighted by Gasteiger charge is 2.24. The van der Waals surface area contributed by atoms with Crippen molar-refractivity contribution in [2.75, 3.05) is 21.6 Å². The zero-order valence-electron chi connectivity index (χ0n) is 26.6. The number of hydrogen-bond donors (Lipinski definition) is 2. The molecule has 1 heterocycles. The van der Waals surface area contributed by atoms with E-state index in [9.17, 15) is 18.0 Å². The van der Waals surface area contributed by atoms with Crippen LogP contribution in [0.3, 0.4) is 0 Å². The summed E-state index contributed by atoms with van der Waals surface area (Å²) in [6, 6.07) is 30.6. The van der Waals surface area contributed by atoms with Crippen molar-refractivity contribution >= 4 is 39.2 Å². The maximum absolute atomic E-state index is 14.1. The second kappa shape index (κ2) is 14.6. The molecule has 0 atom stereocenters. The first kappa shape index (κ1) is 32.6. The Labute approximate surface area is 280 Å². The summed E-state index contributed by atoms with van der Waals surface area (Å²) in [6.07, 6.45) is 6.08. The number of para-hydroxylation sites is 1. The molecule has 1 aliphatic rings. The molecule has 0 saturated heterocycles. The number of anilines is 3. The van der Waals surface area contributed by atoms with E-state index in [1.54, 1.807) is 77.7 Å². The molecule has 12 heteroatoms. The van der Waals surface area contributed by atoms with Gasteiger partial charge in [-0.2, -0.15) is 5.21 Å². The zero-order valence-corrected chi connectivity index (χ0v) is 27.4. The van der Waals surface area contributed by atoms with Crippen LogP contribution < -0.4 is 14.5 Å². The van der Waals surface area contributed by atoms with Crippen LogP contribution in [0.15, 0.2) is 108 Å². The maximum Gasteiger partial charge on any atom is 0.270 e. The fourth-order valence-electron chi connectivity index (χ4n) is 6.04. The number of aromatic nitrogens is 4. The van der Waals surface area contributed by atoms with E-state index in [2.05, 4.69) is 38.1 Å². The van der Waals surface area contributed by atoms with Crippen molar-refractivity contribution < 1.29 is 18.0 Å². The monoisotopic (exact) mass is 663 g/mol. The third-order valence-corrected chi connectivity index (χ3v) is 10.5. The lowest BCUT2D eigenvalue weighted by Gasteiger charge is -2.26. The molecule has 5 aromatic rings. The van der Waals surface area contributed by atoms with Gasteiger partial charge in [0.2, 0.25) is 5.91 Å². The molecule has 0 unspecified atom stereocenters. The Morgan fingerprint density at radius 1 is 0.833 bits per heavy atom. The summed E-state index contributed by atoms with van der Waals surface area (Å²) in [4.78, 5) is 28.5. The van der Waals surface area contributed by atoms with Crippen molar-refractivity contribution in [2.45, 2.75) is 55.9 Å². The fraction of sp³-hybridized carbons (Fsp3) is 0.250. The summed E-state index contributed by atoms with van der Waals surface area (Å²) >= 11 is 0. The second-order valence-electron chi connectivity index (χ2n) is 11.9. The largest absolute Gasteiger partial charge is 0.308 e. The lowest BCUT2D eigenvalue weighted by atomic mass is 9.84. The Balaban J connectivity index is 1.23. The molecule has 2 amide bonds. The highest BCUT2D eigenvalue weighted by Crippen LogP contribution is 2.34. The van der Waals surface area contributed by atoms with Crippen molar-refractivity contribution in [1.29, 1.82) is 0 Å². The Kier molecular flexibility index (Phi) is 9.91. The summed E-state index contributed by atoms with van der Waals surface area (Å²) in [7, 11) is -2.34. The van der Waals surface area contributed by atoms with Gasteiger partial charge in [-0.05, 0) is 89.2 Å². The number of H-pyrrole nitrogens is 1. The number of benzene rings is 4. The van der Waals surface area contributed by atoms with E-state index in [0.29, 0.717) is 22.7 Å². The van der Waals surface area contributed by atoms with Crippen LogP contribution in [0.2, 0.25) is 0 Å². The first-order chi connectivity index (χ1) is 23.3. The number of sulfonamides is 1. The molecule has 0 bridgehead atoms. The molecule has 2 N–H and O–H groups in total. The number of tetrazole rings is 1. The van der Waals surface area contributed by atoms with Crippen LogP contribution in [0.5, 0.6) is 0 Å². The number of nitrogens with zero attached hydrogens (tertiary/aromatic N) is 5. The molecular weight excluding hydrogens is 627 g/mol. The molecule has 4 aromatic carbocycles. The van der Waals surface area contributed by atoms with Crippen LogP contribution >= 0.6 is 0 Å². The Bertz CT molecular complexity index is 1940. The van der Waals surface area contributed by atoms with Crippen molar-refractivity contribution in [3.8, 4) is 0 Å². The average Bonchev–Trinajstić information content (AvgIpc) is 3.64. The van der Waals surface area contributed by atoms with E-state index in [1.165, 1.54) is 49.0 Å². The van der Waals surface area contributed by atoms with Gasteiger partial charge in [0.1, 0.15) is 0 Å². The predicted octanol–water partition coefficient (Wildman–Crippen LogP) is 6.10. The van der Waals surface area contributed by atoms with Crippen molar-refractivity contribution in [3.05, 3.63) is 125 Å². The highest BCUT2D eigenvalue weighted by molar-refractivity contribution is 7.92. The summed E-state index contributed by atoms with van der Waals surface area (Å²) in [6.45, 7) is 0.253. The van der Waals surface area contributed by atoms with Crippen LogP contribution in [-0.4, -0.2) is 47.9 Å². The van der Waals surface area contributed by atoms with Gasteiger partial charge in [0.25, 0.3) is 21.9 Å². The van der Waals surface area contributed by atoms with Gasteiger partial charge in [-0.1, -0.05) is 79.0 Å². The molecule has 0 aliphatic heterocycles. The third kappa shape index (κ3) is 7.60. The average molecular weight is 664 g/mol. The Morgan fingerprint density at radius 2 is 1.56 bits per heavy atom. The molecule has 1 fully saturated rings. The van der Waals surface area contributed by atoms with Gasteiger partial charge >= 0.3 is 0 Å². The first-order valence-electron chi connectivity index (χ1n) is 15.9. The predicted molar refractivity (Wildman–Crippen MR) is 184 cm³/mol. The smallest absolute Gasteiger partial charge is 0.270 e. The molecule has 48 heavy (non-hydrogen) atoms. The van der Waals surface area contributed by atoms with Gasteiger partial charge in [0.15, 0.2) is 0 Å². The molecule has 0 spiro atoms. The number of carbonyl (C=O) groups excluding carboxylic acids is 2. The SMILES string of the molecule is CN(c1ccccc1)S(=O)(=O)c1cccc(CC(=O)N(Cc2ccc(C(=O)Nc3nn[nH]n3)cc2)c2ccc(C3CCCCC3)cc2)c1. The Hall–Kier alpha value is -5.36. The summed E-state index contributed by atoms with van der Waals surface area (Å²) < 4.78 is 28.2. The standard InChI is InChI=1S/C36H37N7O4S/c1-42(31-12-6-3-7-13-31)48(46,47)33-14-8-9-27(23-33)24-34(44)43(32-21-19-29(20-22-32)28-10-4-2-5-11-28)25-26-15-17-30(18-16-26)35(45)37-36-38-40-41-39-36/h3,6-9,12-23,28H,2,4-5,10-11,24-25H2,1H3,(H2,37,38,39,40,41,45). The van der Waals surface area contributed by atoms with Crippen molar-refractivity contribution in [2.24, 2.45) is 0 Å². The van der Waals surface area contributed by atoms with Gasteiger partial charge in [-0.25, -0.2) is 8.42 Å². The second-order valence-corrected chi connectivity index (χ2v) is 13.9. The minimum atomic E-state index is -3.85. The van der Waals surface area contributed by atoms with Crippen LogP contribution in [0.25, 0.3) is 0 Å². The van der Waals surface area contributed by atoms with Crippen molar-refractivity contribution in [1.82, 2.24) is 20.6 Å². The lowest BCUT2D eigenvalue weighted by molar-refractivity contribution is -0.118. The molecule has 246 valence electrons. The van der Waals surface area contributed by atoms with Gasteiger partial charge in [-0.3, -0.25) is 19.2 Å². The summed E-state index contributed by atoms with van der Waals surface area (Å²) in [5.41, 5.74) is 4.36. The normalized spacial score (nSPS) is 13.5. The molecule has 11 nitrogen and oxygen atoms in total. The molecule has 1 aliphatic carbocycles. The van der Waals surface area contributed by atoms with Gasteiger partial charge in [0.05, 0.1) is 23.5 Å². The van der Waals surface area contributed by atoms with Crippen LogP contribution in [0.1, 0.15) is 65.1 Å². The molecule has 1 aromatic heterocycles. The summed E-state index contributed by atoms with van der Waals surface area (Å²) in [5, 5.41) is 15.8. The topological polar surface area (TPSA) is 141 Å². The van der Waals surface area contributed by atoms with E-state index >= 15 is 0 Å². The Morgan fingerprint density at radius 3 is 2.25 bits per heavy atom. The number of amides is 2. The van der Waals surface area contributed by atoms with Gasteiger partial charge < -0.3 is 4.90 Å². The van der Waals surface area contributed by atoms with E-state index in [-0.39, 0.29) is 35.6 Å². The van der Waals surface area contributed by atoms with Crippen LogP contribution in [0, 0.1) is 0 Å². The number of hydrogen-bond acceptors (Lipinski definition) is 7. The van der Waals surface area contributed by atoms with Gasteiger partial charge in [-0.15, -0.1) is 5.10 Å². The number of rotatable bonds is 11. The van der Waals surface area contributed by atoms with Gasteiger partial charge in [0, 0.05) is 18.3 Å². The molecule has 1 saturated carbocycles. The zero-order chi connectivity index (χ0) is 33.5. The lowest BCUT2D eigenvalue weighted by Crippen LogP contribution is -2.32. The number of aromatic amines is 1. The number of carbonyl (C=O) groups is 2. The van der Waals surface area contributed by atoms with E-state index in [0.717, 1.165) is 11.3 Å². The van der Waals surface area contributed by atoms with Crippen LogP contribution in [-0.2, 0) is 27.8 Å². The van der Waals surface area contributed by atoms with E-state index in [4.69, 9.17) is 0 Å². The highest BCUT2D eigenvalue weighted by atomic mass is 32.2. The third-order valence-electron chi connectivity index (χ3n) is 8.74. The number of nitrogens with one attached hydrogen (secondary N) is 2. The van der Waals surface area contributed by atoms with Crippen molar-refractivity contribution in [3.63, 3.8) is 0 Å². The first-order valence-corrected chi connectivity index (χ1v) is 17.4. The minimum Gasteiger partial charge on any atom is -0.308 e. The van der Waals surface area contributed by atoms with E-state index < -0.39 is 10.0 Å². The molecular formula is C36H37N7O4S. The fourth-order valence-corrected chi connectivity index (χ4v) is 7.31. The summed E-state index contributed by atoms with van der Waals surface area (Å²) in [5.74, 6) is 0.0233. The maximum atomic E-state index is 14.1. The molecule has 0 radical (unpaired) electrons. The minimum absolute atomic E-state index is 0.00597. The quantitative estimate of drug-likeness (QED) is 0.174. The van der Waals surface area contributed by atoms with Crippen LogP contribution in [0.4, 0.5) is 17.3 Å². The van der Waals surface area contributed by atoms with E-state index in [1.807, 2.05) is 18.2 Å². The molecule has 6 rings (SSSR count).